The molecule has 1 aliphatic rings. The molecule has 7 nitrogen and oxygen atoms in total. The number of hydrogen-bond donors (Lipinski definition) is 0. The van der Waals surface area contributed by atoms with Gasteiger partial charge in [0.05, 0.1) is 11.8 Å². The molecule has 6 rings (SSSR count). The van der Waals surface area contributed by atoms with Crippen molar-refractivity contribution in [2.24, 2.45) is 0 Å². The number of rotatable bonds is 8. The van der Waals surface area contributed by atoms with E-state index in [0.717, 1.165) is 39.3 Å². The Balaban J connectivity index is 1.40. The molecule has 0 aliphatic carbocycles. The van der Waals surface area contributed by atoms with E-state index in [1.54, 1.807) is 12.1 Å². The number of anilines is 1. The summed E-state index contributed by atoms with van der Waals surface area (Å²) in [7, 11) is -4.60. The van der Waals surface area contributed by atoms with Crippen LogP contribution in [0.2, 0.25) is 0 Å². The quantitative estimate of drug-likeness (QED) is 0.144. The second kappa shape index (κ2) is 11.3. The number of ether oxygens (including phenoxy) is 1. The lowest BCUT2D eigenvalue weighted by molar-refractivity contribution is -0.658. The van der Waals surface area contributed by atoms with Crippen molar-refractivity contribution in [1.29, 1.82) is 0 Å². The second-order valence-corrected chi connectivity index (χ2v) is 11.4. The van der Waals surface area contributed by atoms with Crippen molar-refractivity contribution in [1.82, 2.24) is 0 Å². The fourth-order valence-corrected chi connectivity index (χ4v) is 5.80. The summed E-state index contributed by atoms with van der Waals surface area (Å²) >= 11 is 0. The van der Waals surface area contributed by atoms with Gasteiger partial charge in [-0.05, 0) is 59.4 Å². The average Bonchev–Trinajstić information content (AvgIpc) is 3.52. The maximum atomic E-state index is 11.9. The monoisotopic (exact) mass is 578 g/mol. The van der Waals surface area contributed by atoms with Crippen molar-refractivity contribution in [2.75, 3.05) is 11.4 Å². The topological polar surface area (TPSA) is 86.7 Å². The van der Waals surface area contributed by atoms with E-state index in [4.69, 9.17) is 9.15 Å². The number of hydrogen-bond acceptors (Lipinski definition) is 6. The van der Waals surface area contributed by atoms with E-state index >= 15 is 0 Å². The van der Waals surface area contributed by atoms with Crippen molar-refractivity contribution in [3.05, 3.63) is 120 Å². The number of nitrogens with zero attached hydrogens (tertiary/aromatic N) is 2. The molecule has 0 saturated heterocycles. The van der Waals surface area contributed by atoms with Gasteiger partial charge < -0.3 is 18.6 Å². The van der Waals surface area contributed by atoms with E-state index in [9.17, 15) is 13.0 Å². The zero-order valence-electron chi connectivity index (χ0n) is 23.4. The van der Waals surface area contributed by atoms with Crippen LogP contribution in [0, 0.1) is 0 Å². The van der Waals surface area contributed by atoms with Crippen molar-refractivity contribution < 1.29 is 26.7 Å². The van der Waals surface area contributed by atoms with Crippen LogP contribution in [0.3, 0.4) is 0 Å². The third-order valence-electron chi connectivity index (χ3n) is 7.30. The first-order valence-corrected chi connectivity index (χ1v) is 15.4. The molecule has 1 aliphatic heterocycles. The van der Waals surface area contributed by atoms with Gasteiger partial charge in [-0.25, -0.2) is 8.42 Å². The molecule has 0 saturated carbocycles. The lowest BCUT2D eigenvalue weighted by atomic mass is 10.0. The molecular formula is C34H30N2O5S. The van der Waals surface area contributed by atoms with Crippen molar-refractivity contribution in [3.8, 4) is 28.0 Å². The van der Waals surface area contributed by atoms with Gasteiger partial charge in [0.2, 0.25) is 17.3 Å². The summed E-state index contributed by atoms with van der Waals surface area (Å²) in [6.45, 7) is 4.75. The largest absolute Gasteiger partial charge is 0.743 e. The third-order valence-corrected chi connectivity index (χ3v) is 7.88. The van der Waals surface area contributed by atoms with Crippen LogP contribution in [0.15, 0.2) is 119 Å². The molecule has 2 heterocycles. The molecule has 1 aromatic heterocycles. The molecule has 4 aromatic carbocycles. The highest BCUT2D eigenvalue weighted by Gasteiger charge is 2.27. The number of fused-ring (bicyclic) bond motifs is 2. The Morgan fingerprint density at radius 3 is 2.12 bits per heavy atom. The molecular weight excluding hydrogens is 548 g/mol. The van der Waals surface area contributed by atoms with E-state index in [2.05, 4.69) is 30.0 Å². The molecule has 0 bridgehead atoms. The molecule has 0 amide bonds. The summed E-state index contributed by atoms with van der Waals surface area (Å²) in [5.74, 6) is 0.954. The van der Waals surface area contributed by atoms with Crippen LogP contribution in [-0.4, -0.2) is 19.5 Å². The lowest BCUT2D eigenvalue weighted by Gasteiger charge is -2.16. The minimum absolute atomic E-state index is 0.272. The Bertz CT molecular complexity index is 1930. The SMILES string of the molecule is CCC(/C=C1\Oc2ccc(-c3ccccc3)cc2N1CC)=C\c1oc2ccc(-c3ccccc3)cc2[n+]1CS(=O)(=O)[O-]. The number of benzene rings is 4. The van der Waals surface area contributed by atoms with Gasteiger partial charge >= 0.3 is 5.89 Å². The van der Waals surface area contributed by atoms with E-state index in [1.165, 1.54) is 4.57 Å². The van der Waals surface area contributed by atoms with Crippen molar-refractivity contribution >= 4 is 33.0 Å². The predicted octanol–water partition coefficient (Wildman–Crippen LogP) is 7.11. The smallest absolute Gasteiger partial charge is 0.375 e. The summed E-state index contributed by atoms with van der Waals surface area (Å²) in [6, 6.07) is 31.7. The highest BCUT2D eigenvalue weighted by Crippen LogP contribution is 2.42. The van der Waals surface area contributed by atoms with Crippen LogP contribution in [0.5, 0.6) is 5.75 Å². The molecule has 5 aromatic rings. The van der Waals surface area contributed by atoms with Gasteiger partial charge in [0.25, 0.3) is 5.52 Å². The van der Waals surface area contributed by atoms with Gasteiger partial charge in [-0.3, -0.25) is 0 Å². The molecule has 8 heteroatoms. The van der Waals surface area contributed by atoms with Gasteiger partial charge in [0, 0.05) is 18.7 Å². The Morgan fingerprint density at radius 1 is 0.857 bits per heavy atom. The Labute approximate surface area is 245 Å². The fourth-order valence-electron chi connectivity index (χ4n) is 5.22. The van der Waals surface area contributed by atoms with Gasteiger partial charge in [-0.2, -0.15) is 0 Å². The highest BCUT2D eigenvalue weighted by molar-refractivity contribution is 7.84. The van der Waals surface area contributed by atoms with Crippen LogP contribution >= 0.6 is 0 Å². The Kier molecular flexibility index (Phi) is 7.41. The van der Waals surface area contributed by atoms with Crippen LogP contribution in [0.25, 0.3) is 39.4 Å². The van der Waals surface area contributed by atoms with Crippen molar-refractivity contribution in [2.45, 2.75) is 26.1 Å². The van der Waals surface area contributed by atoms with Crippen LogP contribution in [0.4, 0.5) is 5.69 Å². The summed E-state index contributed by atoms with van der Waals surface area (Å²) in [5.41, 5.74) is 6.92. The molecule has 0 atom stereocenters. The number of allylic oxidation sites excluding steroid dienone is 2. The van der Waals surface area contributed by atoms with Gasteiger partial charge in [-0.1, -0.05) is 79.7 Å². The zero-order chi connectivity index (χ0) is 29.3. The van der Waals surface area contributed by atoms with Crippen LogP contribution in [-0.2, 0) is 16.0 Å². The fraction of sp³-hybridized carbons (Fsp3) is 0.147. The van der Waals surface area contributed by atoms with E-state index < -0.39 is 16.0 Å². The normalized spacial score (nSPS) is 14.4. The molecule has 0 radical (unpaired) electrons. The zero-order valence-corrected chi connectivity index (χ0v) is 24.2. The predicted molar refractivity (Wildman–Crippen MR) is 163 cm³/mol. The van der Waals surface area contributed by atoms with Gasteiger partial charge in [0.1, 0.15) is 0 Å². The standard InChI is InChI=1S/C34H30N2O5S/c1-3-24(19-33-35(4-2)29-21-27(15-17-31(29)40-33)25-11-7-5-8-12-25)20-34-36(23-42(37,38)39)30-22-28(16-18-32(30)41-34)26-13-9-6-10-14-26/h5-22H,3-4,23H2,1-2H3. The highest BCUT2D eigenvalue weighted by atomic mass is 32.2. The van der Waals surface area contributed by atoms with E-state index in [-0.39, 0.29) is 5.89 Å². The average molecular weight is 579 g/mol. The molecule has 0 unspecified atom stereocenters. The third kappa shape index (κ3) is 5.59. The van der Waals surface area contributed by atoms with Gasteiger partial charge in [0.15, 0.2) is 15.9 Å². The van der Waals surface area contributed by atoms with Crippen LogP contribution < -0.4 is 14.2 Å². The first-order valence-electron chi connectivity index (χ1n) is 13.9. The van der Waals surface area contributed by atoms with Crippen molar-refractivity contribution in [3.63, 3.8) is 0 Å². The Hall–Kier alpha value is -4.66. The molecule has 212 valence electrons. The summed E-state index contributed by atoms with van der Waals surface area (Å²) in [6.07, 6.45) is 4.33. The van der Waals surface area contributed by atoms with E-state index in [0.29, 0.717) is 29.9 Å². The van der Waals surface area contributed by atoms with Crippen LogP contribution in [0.1, 0.15) is 26.2 Å². The summed E-state index contributed by atoms with van der Waals surface area (Å²) < 4.78 is 49.6. The maximum absolute atomic E-state index is 11.9. The molecule has 0 fully saturated rings. The van der Waals surface area contributed by atoms with Gasteiger partial charge in [-0.15, -0.1) is 4.57 Å². The minimum atomic E-state index is -4.60. The molecule has 0 spiro atoms. The minimum Gasteiger partial charge on any atom is -0.743 e. The maximum Gasteiger partial charge on any atom is 0.375 e. The second-order valence-electron chi connectivity index (χ2n) is 10.1. The molecule has 42 heavy (non-hydrogen) atoms. The Morgan fingerprint density at radius 2 is 1.50 bits per heavy atom. The molecule has 0 N–H and O–H groups in total. The number of aromatic nitrogens is 1. The first kappa shape index (κ1) is 27.5. The van der Waals surface area contributed by atoms with E-state index in [1.807, 2.05) is 85.8 Å². The first-order chi connectivity index (χ1) is 20.3. The number of oxazole rings is 1. The lowest BCUT2D eigenvalue weighted by Crippen LogP contribution is -2.39. The summed E-state index contributed by atoms with van der Waals surface area (Å²) in [5, 5.41) is 0. The summed E-state index contributed by atoms with van der Waals surface area (Å²) in [4.78, 5) is 2.10.